The zero-order valence-corrected chi connectivity index (χ0v) is 8.33. The number of halogens is 3. The number of H-pyrrole nitrogens is 1. The number of aromatic nitrogens is 1. The molecule has 0 amide bonds. The van der Waals surface area contributed by atoms with Gasteiger partial charge in [0.15, 0.2) is 11.6 Å². The SMILES string of the molecule is Fc1cc(F)c2[nH]c3c(c2c1F)CNCC3. The lowest BCUT2D eigenvalue weighted by Gasteiger charge is -2.12. The molecule has 0 spiro atoms. The molecule has 2 heterocycles. The van der Waals surface area contributed by atoms with E-state index in [2.05, 4.69) is 10.3 Å². The van der Waals surface area contributed by atoms with Gasteiger partial charge in [-0.25, -0.2) is 13.2 Å². The molecule has 5 heteroatoms. The number of hydrogen-bond acceptors (Lipinski definition) is 1. The largest absolute Gasteiger partial charge is 0.356 e. The van der Waals surface area contributed by atoms with Gasteiger partial charge in [0.25, 0.3) is 0 Å². The van der Waals surface area contributed by atoms with E-state index < -0.39 is 17.5 Å². The maximum atomic E-state index is 13.6. The molecular weight excluding hydrogens is 217 g/mol. The molecule has 0 unspecified atom stereocenters. The van der Waals surface area contributed by atoms with E-state index in [1.165, 1.54) is 0 Å². The van der Waals surface area contributed by atoms with Crippen molar-refractivity contribution in [3.05, 3.63) is 34.8 Å². The van der Waals surface area contributed by atoms with Crippen molar-refractivity contribution in [2.24, 2.45) is 0 Å². The number of hydrogen-bond donors (Lipinski definition) is 2. The average Bonchev–Trinajstić information content (AvgIpc) is 2.66. The van der Waals surface area contributed by atoms with E-state index in [0.717, 1.165) is 12.2 Å². The molecule has 0 saturated carbocycles. The van der Waals surface area contributed by atoms with E-state index in [9.17, 15) is 13.2 Å². The Hall–Kier alpha value is -1.49. The predicted octanol–water partition coefficient (Wildman–Crippen LogP) is 2.23. The van der Waals surface area contributed by atoms with Crippen LogP contribution < -0.4 is 5.32 Å². The van der Waals surface area contributed by atoms with Gasteiger partial charge < -0.3 is 10.3 Å². The van der Waals surface area contributed by atoms with Crippen LogP contribution in [-0.2, 0) is 13.0 Å². The Morgan fingerprint density at radius 2 is 1.94 bits per heavy atom. The molecule has 2 aromatic rings. The van der Waals surface area contributed by atoms with E-state index in [1.54, 1.807) is 0 Å². The summed E-state index contributed by atoms with van der Waals surface area (Å²) in [5.74, 6) is -2.86. The Morgan fingerprint density at radius 1 is 1.12 bits per heavy atom. The van der Waals surface area contributed by atoms with Gasteiger partial charge >= 0.3 is 0 Å². The molecule has 0 atom stereocenters. The highest BCUT2D eigenvalue weighted by atomic mass is 19.2. The maximum Gasteiger partial charge on any atom is 0.168 e. The van der Waals surface area contributed by atoms with Crippen LogP contribution >= 0.6 is 0 Å². The van der Waals surface area contributed by atoms with Crippen LogP contribution in [0, 0.1) is 17.5 Å². The lowest BCUT2D eigenvalue weighted by molar-refractivity contribution is 0.505. The van der Waals surface area contributed by atoms with E-state index in [0.29, 0.717) is 24.6 Å². The molecule has 0 bridgehead atoms. The summed E-state index contributed by atoms with van der Waals surface area (Å²) in [7, 11) is 0. The van der Waals surface area contributed by atoms with Crippen molar-refractivity contribution in [3.8, 4) is 0 Å². The third kappa shape index (κ3) is 1.18. The molecule has 0 radical (unpaired) electrons. The first kappa shape index (κ1) is 9.72. The minimum atomic E-state index is -1.14. The van der Waals surface area contributed by atoms with E-state index in [-0.39, 0.29) is 10.9 Å². The quantitative estimate of drug-likeness (QED) is 0.662. The van der Waals surface area contributed by atoms with Gasteiger partial charge in [0.05, 0.1) is 5.52 Å². The zero-order valence-electron chi connectivity index (χ0n) is 8.33. The summed E-state index contributed by atoms with van der Waals surface area (Å²) in [6.45, 7) is 1.20. The summed E-state index contributed by atoms with van der Waals surface area (Å²) in [6, 6.07) is 0.576. The average molecular weight is 226 g/mol. The lowest BCUT2D eigenvalue weighted by Crippen LogP contribution is -2.23. The predicted molar refractivity (Wildman–Crippen MR) is 53.6 cm³/mol. The van der Waals surface area contributed by atoms with Crippen LogP contribution in [0.3, 0.4) is 0 Å². The van der Waals surface area contributed by atoms with E-state index in [4.69, 9.17) is 0 Å². The first-order chi connectivity index (χ1) is 7.68. The third-order valence-corrected chi connectivity index (χ3v) is 2.97. The van der Waals surface area contributed by atoms with Gasteiger partial charge in [0.1, 0.15) is 5.82 Å². The fraction of sp³-hybridized carbons (Fsp3) is 0.273. The topological polar surface area (TPSA) is 27.8 Å². The van der Waals surface area contributed by atoms with E-state index in [1.807, 2.05) is 0 Å². The second kappa shape index (κ2) is 3.25. The van der Waals surface area contributed by atoms with Crippen LogP contribution in [0.15, 0.2) is 6.07 Å². The molecule has 1 aromatic carbocycles. The highest BCUT2D eigenvalue weighted by Gasteiger charge is 2.22. The van der Waals surface area contributed by atoms with Gasteiger partial charge in [-0.1, -0.05) is 0 Å². The van der Waals surface area contributed by atoms with E-state index >= 15 is 0 Å². The minimum absolute atomic E-state index is 0.0414. The normalized spacial score (nSPS) is 15.4. The molecular formula is C11H9F3N2. The fourth-order valence-corrected chi connectivity index (χ4v) is 2.21. The number of fused-ring (bicyclic) bond motifs is 3. The van der Waals surface area contributed by atoms with Crippen LogP contribution in [0.5, 0.6) is 0 Å². The number of aromatic amines is 1. The molecule has 0 fully saturated rings. The molecule has 1 aliphatic heterocycles. The fourth-order valence-electron chi connectivity index (χ4n) is 2.21. The van der Waals surface area contributed by atoms with Crippen molar-refractivity contribution in [1.29, 1.82) is 0 Å². The van der Waals surface area contributed by atoms with Crippen molar-refractivity contribution in [1.82, 2.24) is 10.3 Å². The lowest BCUT2D eigenvalue weighted by atomic mass is 10.1. The summed E-state index contributed by atoms with van der Waals surface area (Å²) in [4.78, 5) is 2.83. The monoisotopic (exact) mass is 226 g/mol. The Bertz CT molecular complexity index is 574. The molecule has 1 aliphatic rings. The first-order valence-corrected chi connectivity index (χ1v) is 5.06. The molecule has 84 valence electrons. The molecule has 1 aromatic heterocycles. The standard InChI is InChI=1S/C11H9F3N2/c12-6-3-7(13)11-9(10(6)14)5-4-15-2-1-8(5)16-11/h3,15-16H,1-2,4H2. The smallest absolute Gasteiger partial charge is 0.168 e. The van der Waals surface area contributed by atoms with Gasteiger partial charge in [0.2, 0.25) is 0 Å². The van der Waals surface area contributed by atoms with Gasteiger partial charge in [-0.2, -0.15) is 0 Å². The van der Waals surface area contributed by atoms with Gasteiger partial charge in [0, 0.05) is 36.7 Å². The zero-order chi connectivity index (χ0) is 11.3. The highest BCUT2D eigenvalue weighted by molar-refractivity contribution is 5.86. The van der Waals surface area contributed by atoms with Crippen molar-refractivity contribution >= 4 is 10.9 Å². The Morgan fingerprint density at radius 3 is 2.75 bits per heavy atom. The maximum absolute atomic E-state index is 13.6. The molecule has 0 saturated heterocycles. The van der Waals surface area contributed by atoms with Gasteiger partial charge in [-0.15, -0.1) is 0 Å². The van der Waals surface area contributed by atoms with Gasteiger partial charge in [-0.05, 0) is 5.56 Å². The van der Waals surface area contributed by atoms with Crippen LogP contribution in [0.4, 0.5) is 13.2 Å². The van der Waals surface area contributed by atoms with Crippen LogP contribution in [-0.4, -0.2) is 11.5 Å². The summed E-state index contributed by atoms with van der Waals surface area (Å²) in [5, 5.41) is 3.10. The summed E-state index contributed by atoms with van der Waals surface area (Å²) in [5.41, 5.74) is 1.49. The number of benzene rings is 1. The summed E-state index contributed by atoms with van der Waals surface area (Å²) in [6.07, 6.45) is 0.671. The summed E-state index contributed by atoms with van der Waals surface area (Å²) >= 11 is 0. The molecule has 0 aliphatic carbocycles. The Labute approximate surface area is 89.5 Å². The second-order valence-corrected chi connectivity index (χ2v) is 3.91. The van der Waals surface area contributed by atoms with Crippen LogP contribution in [0.2, 0.25) is 0 Å². The Balaban J connectivity index is 2.43. The van der Waals surface area contributed by atoms with Crippen molar-refractivity contribution in [2.75, 3.05) is 6.54 Å². The first-order valence-electron chi connectivity index (χ1n) is 5.06. The van der Waals surface area contributed by atoms with Crippen molar-refractivity contribution in [3.63, 3.8) is 0 Å². The second-order valence-electron chi connectivity index (χ2n) is 3.91. The minimum Gasteiger partial charge on any atom is -0.356 e. The molecule has 3 rings (SSSR count). The summed E-state index contributed by atoms with van der Waals surface area (Å²) < 4.78 is 40.2. The van der Waals surface area contributed by atoms with Crippen LogP contribution in [0.1, 0.15) is 11.3 Å². The molecule has 16 heavy (non-hydrogen) atoms. The number of nitrogens with one attached hydrogen (secondary N) is 2. The third-order valence-electron chi connectivity index (χ3n) is 2.97. The van der Waals surface area contributed by atoms with Crippen molar-refractivity contribution < 1.29 is 13.2 Å². The number of rotatable bonds is 0. The molecule has 2 nitrogen and oxygen atoms in total. The Kier molecular flexibility index (Phi) is 1.97. The van der Waals surface area contributed by atoms with Crippen molar-refractivity contribution in [2.45, 2.75) is 13.0 Å². The van der Waals surface area contributed by atoms with Gasteiger partial charge in [-0.3, -0.25) is 0 Å². The van der Waals surface area contributed by atoms with Crippen LogP contribution in [0.25, 0.3) is 10.9 Å². The highest BCUT2D eigenvalue weighted by Crippen LogP contribution is 2.30. The molecule has 2 N–H and O–H groups in total.